The van der Waals surface area contributed by atoms with Crippen LogP contribution in [-0.4, -0.2) is 59.8 Å². The molecule has 1 saturated carbocycles. The molecule has 0 unspecified atom stereocenters. The number of rotatable bonds is 5. The Morgan fingerprint density at radius 2 is 2.06 bits per heavy atom. The van der Waals surface area contributed by atoms with E-state index in [2.05, 4.69) is 35.3 Å². The number of hydrogen-bond acceptors (Lipinski definition) is 10. The molecule has 5 heterocycles. The Labute approximate surface area is 203 Å². The third kappa shape index (κ3) is 3.74. The van der Waals surface area contributed by atoms with Gasteiger partial charge in [0, 0.05) is 24.5 Å². The number of pyridine rings is 1. The monoisotopic (exact) mass is 487 g/mol. The maximum absolute atomic E-state index is 6.53. The summed E-state index contributed by atoms with van der Waals surface area (Å²) in [5.41, 5.74) is 2.72. The second kappa shape index (κ2) is 8.00. The molecule has 7 rings (SSSR count). The van der Waals surface area contributed by atoms with Crippen LogP contribution in [0.1, 0.15) is 6.42 Å². The van der Waals surface area contributed by atoms with Crippen LogP contribution < -0.4 is 15.0 Å². The van der Waals surface area contributed by atoms with Crippen LogP contribution in [0.15, 0.2) is 55.4 Å². The molecule has 2 atom stereocenters. The third-order valence-electron chi connectivity index (χ3n) is 6.06. The molecule has 12 heteroatoms. The summed E-state index contributed by atoms with van der Waals surface area (Å²) in [5, 5.41) is 7.83. The topological polar surface area (TPSA) is 115 Å². The Hall–Kier alpha value is -4.09. The Kier molecular flexibility index (Phi) is 4.64. The highest BCUT2D eigenvalue weighted by Crippen LogP contribution is 2.37. The molecule has 0 spiro atoms. The molecule has 0 bridgehead atoms. The molecule has 5 aromatic rings. The lowest BCUT2D eigenvalue weighted by atomic mass is 10.3. The summed E-state index contributed by atoms with van der Waals surface area (Å²) >= 11 is 6.53. The molecule has 1 aliphatic heterocycles. The van der Waals surface area contributed by atoms with Crippen LogP contribution in [0.5, 0.6) is 11.5 Å². The van der Waals surface area contributed by atoms with E-state index in [1.165, 1.54) is 12.7 Å². The van der Waals surface area contributed by atoms with Crippen LogP contribution in [0.25, 0.3) is 16.7 Å². The largest absolute Gasteiger partial charge is 0.456 e. The number of hydrogen-bond donors (Lipinski definition) is 1. The fourth-order valence-corrected chi connectivity index (χ4v) is 4.46. The van der Waals surface area contributed by atoms with Crippen molar-refractivity contribution >= 4 is 45.7 Å². The van der Waals surface area contributed by atoms with Gasteiger partial charge in [0.2, 0.25) is 5.95 Å². The molecule has 4 aromatic heterocycles. The summed E-state index contributed by atoms with van der Waals surface area (Å²) in [4.78, 5) is 24.4. The predicted octanol–water partition coefficient (Wildman–Crippen LogP) is 3.63. The lowest BCUT2D eigenvalue weighted by molar-refractivity contribution is 0.102. The van der Waals surface area contributed by atoms with Gasteiger partial charge in [0.05, 0.1) is 30.0 Å². The van der Waals surface area contributed by atoms with Gasteiger partial charge in [-0.3, -0.25) is 0 Å². The number of nitrogens with one attached hydrogen (secondary N) is 1. The summed E-state index contributed by atoms with van der Waals surface area (Å²) in [6.45, 7) is 1.45. The molecular weight excluding hydrogens is 470 g/mol. The van der Waals surface area contributed by atoms with Crippen molar-refractivity contribution in [3.8, 4) is 11.5 Å². The van der Waals surface area contributed by atoms with Gasteiger partial charge >= 0.3 is 0 Å². The molecular formula is C23H18ClN9O2. The first-order valence-corrected chi connectivity index (χ1v) is 11.5. The van der Waals surface area contributed by atoms with E-state index in [1.54, 1.807) is 41.2 Å². The highest BCUT2D eigenvalue weighted by atomic mass is 35.5. The minimum absolute atomic E-state index is 0.286. The number of anilines is 3. The van der Waals surface area contributed by atoms with E-state index in [-0.39, 0.29) is 6.10 Å². The van der Waals surface area contributed by atoms with Crippen molar-refractivity contribution < 1.29 is 9.47 Å². The van der Waals surface area contributed by atoms with E-state index in [4.69, 9.17) is 26.1 Å². The number of aromatic nitrogens is 7. The van der Waals surface area contributed by atoms with Gasteiger partial charge in [0.1, 0.15) is 35.2 Å². The minimum atomic E-state index is 0.286. The fraction of sp³-hybridized carbons (Fsp3) is 0.217. The summed E-state index contributed by atoms with van der Waals surface area (Å²) in [6, 6.07) is 9.37. The first-order valence-electron chi connectivity index (χ1n) is 11.1. The number of halogens is 1. The standard InChI is InChI=1S/C23H18ClN9O2/c24-15-7-13(1-2-18(15)35-14-3-4-33-20(8-14)27-12-29-33)30-22-21-16(26-11-28-22)10-25-23(31-21)32-5-6-34-19-9-17(19)32/h1-4,7-8,10-12,17,19H,5-6,9H2,(H,26,28,30)/t17-,19+/m1/s1. The van der Waals surface area contributed by atoms with Gasteiger partial charge < -0.3 is 19.7 Å². The van der Waals surface area contributed by atoms with Gasteiger partial charge in [-0.25, -0.2) is 29.4 Å². The molecule has 2 fully saturated rings. The number of ether oxygens (including phenoxy) is 2. The second-order valence-corrected chi connectivity index (χ2v) is 8.74. The van der Waals surface area contributed by atoms with Crippen molar-refractivity contribution in [2.24, 2.45) is 0 Å². The predicted molar refractivity (Wildman–Crippen MR) is 128 cm³/mol. The molecule has 174 valence electrons. The first kappa shape index (κ1) is 20.3. The van der Waals surface area contributed by atoms with Crippen molar-refractivity contribution in [2.75, 3.05) is 23.4 Å². The van der Waals surface area contributed by atoms with E-state index >= 15 is 0 Å². The number of benzene rings is 1. The van der Waals surface area contributed by atoms with Crippen LogP contribution >= 0.6 is 11.6 Å². The number of morpholine rings is 1. The highest BCUT2D eigenvalue weighted by Gasteiger charge is 2.46. The van der Waals surface area contributed by atoms with Gasteiger partial charge in [-0.2, -0.15) is 5.10 Å². The summed E-state index contributed by atoms with van der Waals surface area (Å²) in [5.74, 6) is 2.36. The van der Waals surface area contributed by atoms with Crippen molar-refractivity contribution in [3.63, 3.8) is 0 Å². The zero-order chi connectivity index (χ0) is 23.4. The van der Waals surface area contributed by atoms with Gasteiger partial charge in [-0.1, -0.05) is 11.6 Å². The molecule has 35 heavy (non-hydrogen) atoms. The van der Waals surface area contributed by atoms with Crippen LogP contribution in [0.4, 0.5) is 17.5 Å². The zero-order valence-corrected chi connectivity index (χ0v) is 19.0. The zero-order valence-electron chi connectivity index (χ0n) is 18.2. The minimum Gasteiger partial charge on any atom is -0.456 e. The molecule has 0 amide bonds. The van der Waals surface area contributed by atoms with Crippen molar-refractivity contribution in [2.45, 2.75) is 18.6 Å². The normalized spacial score (nSPS) is 19.1. The lowest BCUT2D eigenvalue weighted by Crippen LogP contribution is -2.37. The van der Waals surface area contributed by atoms with Crippen molar-refractivity contribution in [1.82, 2.24) is 34.5 Å². The fourth-order valence-electron chi connectivity index (χ4n) is 4.24. The highest BCUT2D eigenvalue weighted by molar-refractivity contribution is 6.32. The third-order valence-corrected chi connectivity index (χ3v) is 6.36. The Balaban J connectivity index is 1.15. The molecule has 1 saturated heterocycles. The number of nitrogens with zero attached hydrogens (tertiary/aromatic N) is 8. The average Bonchev–Trinajstić information content (AvgIpc) is 3.53. The van der Waals surface area contributed by atoms with Crippen LogP contribution in [0, 0.1) is 0 Å². The number of fused-ring (bicyclic) bond motifs is 3. The Bertz CT molecular complexity index is 1580. The molecule has 1 aromatic carbocycles. The first-order chi connectivity index (χ1) is 17.2. The van der Waals surface area contributed by atoms with E-state index in [1.807, 2.05) is 6.07 Å². The summed E-state index contributed by atoms with van der Waals surface area (Å²) < 4.78 is 13.3. The van der Waals surface area contributed by atoms with Crippen LogP contribution in [0.2, 0.25) is 5.02 Å². The second-order valence-electron chi connectivity index (χ2n) is 8.33. The maximum atomic E-state index is 6.53. The summed E-state index contributed by atoms with van der Waals surface area (Å²) in [7, 11) is 0. The van der Waals surface area contributed by atoms with Crippen molar-refractivity contribution in [3.05, 3.63) is 60.4 Å². The lowest BCUT2D eigenvalue weighted by Gasteiger charge is -2.26. The Morgan fingerprint density at radius 1 is 1.09 bits per heavy atom. The van der Waals surface area contributed by atoms with Gasteiger partial charge in [-0.05, 0) is 30.7 Å². The molecule has 0 radical (unpaired) electrons. The molecule has 1 N–H and O–H groups in total. The van der Waals surface area contributed by atoms with Gasteiger partial charge in [0.15, 0.2) is 11.5 Å². The van der Waals surface area contributed by atoms with Crippen LogP contribution in [-0.2, 0) is 4.74 Å². The van der Waals surface area contributed by atoms with Crippen molar-refractivity contribution in [1.29, 1.82) is 0 Å². The van der Waals surface area contributed by atoms with E-state index in [0.29, 0.717) is 57.6 Å². The molecule has 2 aliphatic rings. The van der Waals surface area contributed by atoms with E-state index < -0.39 is 0 Å². The summed E-state index contributed by atoms with van der Waals surface area (Å²) in [6.07, 6.45) is 7.78. The van der Waals surface area contributed by atoms with E-state index in [0.717, 1.165) is 18.7 Å². The van der Waals surface area contributed by atoms with Crippen LogP contribution in [0.3, 0.4) is 0 Å². The maximum Gasteiger partial charge on any atom is 0.226 e. The van der Waals surface area contributed by atoms with Gasteiger partial charge in [0.25, 0.3) is 0 Å². The SMILES string of the molecule is Clc1cc(Nc2ncnc3cnc(N4CCO[C@H]5C[C@H]54)nc23)ccc1Oc1ccn2ncnc2c1. The van der Waals surface area contributed by atoms with E-state index in [9.17, 15) is 0 Å². The quantitative estimate of drug-likeness (QED) is 0.394. The van der Waals surface area contributed by atoms with Gasteiger partial charge in [-0.15, -0.1) is 0 Å². The average molecular weight is 488 g/mol. The molecule has 11 nitrogen and oxygen atoms in total. The Morgan fingerprint density at radius 3 is 3.00 bits per heavy atom. The smallest absolute Gasteiger partial charge is 0.226 e. The molecule has 1 aliphatic carbocycles.